The monoisotopic (exact) mass is 362 g/mol. The summed E-state index contributed by atoms with van der Waals surface area (Å²) in [5, 5.41) is 11.6. The molecular formula is C21H22N4O2. The van der Waals surface area contributed by atoms with E-state index in [1.165, 1.54) is 0 Å². The van der Waals surface area contributed by atoms with Gasteiger partial charge in [-0.15, -0.1) is 10.2 Å². The zero-order valence-electron chi connectivity index (χ0n) is 15.0. The molecule has 6 heteroatoms. The number of carbonyl (C=O) groups excluding carboxylic acids is 1. The second-order valence-corrected chi connectivity index (χ2v) is 6.74. The Kier molecular flexibility index (Phi) is 5.14. The Bertz CT molecular complexity index is 863. The molecule has 1 unspecified atom stereocenters. The summed E-state index contributed by atoms with van der Waals surface area (Å²) in [7, 11) is 0. The highest BCUT2D eigenvalue weighted by Crippen LogP contribution is 2.23. The fourth-order valence-corrected chi connectivity index (χ4v) is 3.38. The molecule has 4 rings (SSSR count). The molecule has 1 aliphatic rings. The number of aromatic nitrogens is 2. The molecule has 1 fully saturated rings. The summed E-state index contributed by atoms with van der Waals surface area (Å²) in [5.41, 5.74) is 1.82. The summed E-state index contributed by atoms with van der Waals surface area (Å²) in [6, 6.07) is 17.5. The van der Waals surface area contributed by atoms with E-state index in [2.05, 4.69) is 20.4 Å². The average Bonchev–Trinajstić information content (AvgIpc) is 3.28. The maximum atomic E-state index is 12.6. The summed E-state index contributed by atoms with van der Waals surface area (Å²) < 4.78 is 5.35. The molecule has 3 aromatic rings. The molecule has 138 valence electrons. The third-order valence-electron chi connectivity index (χ3n) is 4.85. The van der Waals surface area contributed by atoms with Gasteiger partial charge in [-0.2, -0.15) is 0 Å². The topological polar surface area (TPSA) is 71.3 Å². The van der Waals surface area contributed by atoms with E-state index in [0.29, 0.717) is 24.5 Å². The molecule has 2 aromatic heterocycles. The lowest BCUT2D eigenvalue weighted by atomic mass is 9.97. The largest absolute Gasteiger partial charge is 0.463 e. The van der Waals surface area contributed by atoms with Gasteiger partial charge in [-0.3, -0.25) is 4.79 Å². The van der Waals surface area contributed by atoms with E-state index in [9.17, 15) is 4.79 Å². The van der Waals surface area contributed by atoms with Crippen molar-refractivity contribution in [2.45, 2.75) is 19.4 Å². The number of hydrogen-bond acceptors (Lipinski definition) is 5. The van der Waals surface area contributed by atoms with Crippen LogP contribution in [-0.4, -0.2) is 29.2 Å². The number of nitrogens with one attached hydrogen (secondary N) is 1. The van der Waals surface area contributed by atoms with E-state index in [1.807, 2.05) is 54.6 Å². The minimum Gasteiger partial charge on any atom is -0.463 e. The number of benzene rings is 1. The number of piperidine rings is 1. The van der Waals surface area contributed by atoms with Crippen LogP contribution in [0.2, 0.25) is 0 Å². The lowest BCUT2D eigenvalue weighted by molar-refractivity contribution is -0.125. The Hall–Kier alpha value is -3.15. The third kappa shape index (κ3) is 4.16. The van der Waals surface area contributed by atoms with Crippen LogP contribution < -0.4 is 10.2 Å². The SMILES string of the molecule is O=C(NCc1ccccc1)C1CCCN(c2ccc(-c3ccco3)nn2)C1. The second-order valence-electron chi connectivity index (χ2n) is 6.74. The molecule has 6 nitrogen and oxygen atoms in total. The molecule has 0 radical (unpaired) electrons. The zero-order chi connectivity index (χ0) is 18.5. The maximum Gasteiger partial charge on any atom is 0.225 e. The fourth-order valence-electron chi connectivity index (χ4n) is 3.38. The molecule has 1 N–H and O–H groups in total. The lowest BCUT2D eigenvalue weighted by Gasteiger charge is -2.32. The predicted molar refractivity (Wildman–Crippen MR) is 103 cm³/mol. The van der Waals surface area contributed by atoms with Gasteiger partial charge in [0.2, 0.25) is 5.91 Å². The van der Waals surface area contributed by atoms with Crippen LogP contribution in [0.15, 0.2) is 65.3 Å². The Morgan fingerprint density at radius 2 is 2.00 bits per heavy atom. The first-order chi connectivity index (χ1) is 13.3. The van der Waals surface area contributed by atoms with Crippen LogP contribution in [0.25, 0.3) is 11.5 Å². The van der Waals surface area contributed by atoms with Gasteiger partial charge in [0.25, 0.3) is 0 Å². The van der Waals surface area contributed by atoms with Crippen molar-refractivity contribution >= 4 is 11.7 Å². The lowest BCUT2D eigenvalue weighted by Crippen LogP contribution is -2.43. The van der Waals surface area contributed by atoms with Crippen molar-refractivity contribution in [3.63, 3.8) is 0 Å². The molecule has 1 atom stereocenters. The number of furan rings is 1. The van der Waals surface area contributed by atoms with Gasteiger partial charge in [0.15, 0.2) is 11.6 Å². The summed E-state index contributed by atoms with van der Waals surface area (Å²) in [4.78, 5) is 14.7. The Morgan fingerprint density at radius 3 is 2.74 bits per heavy atom. The molecule has 0 bridgehead atoms. The van der Waals surface area contributed by atoms with Gasteiger partial charge in [0.05, 0.1) is 12.2 Å². The number of rotatable bonds is 5. The highest BCUT2D eigenvalue weighted by atomic mass is 16.3. The number of amides is 1. The molecule has 3 heterocycles. The van der Waals surface area contributed by atoms with E-state index < -0.39 is 0 Å². The highest BCUT2D eigenvalue weighted by Gasteiger charge is 2.26. The number of hydrogen-bond donors (Lipinski definition) is 1. The van der Waals surface area contributed by atoms with Gasteiger partial charge < -0.3 is 14.6 Å². The Labute approximate surface area is 158 Å². The fraction of sp³-hybridized carbons (Fsp3) is 0.286. The molecule has 0 aliphatic carbocycles. The predicted octanol–water partition coefficient (Wildman–Crippen LogP) is 3.27. The summed E-state index contributed by atoms with van der Waals surface area (Å²) in [6.45, 7) is 2.11. The standard InChI is InChI=1S/C21H22N4O2/c26-21(22-14-16-6-2-1-3-7-16)17-8-4-12-25(15-17)20-11-10-18(23-24-20)19-9-5-13-27-19/h1-3,5-7,9-11,13,17H,4,8,12,14-15H2,(H,22,26). The number of nitrogens with zero attached hydrogens (tertiary/aromatic N) is 3. The minimum atomic E-state index is -0.0333. The van der Waals surface area contributed by atoms with Crippen LogP contribution in [-0.2, 0) is 11.3 Å². The second kappa shape index (κ2) is 8.03. The van der Waals surface area contributed by atoms with Crippen molar-refractivity contribution < 1.29 is 9.21 Å². The maximum absolute atomic E-state index is 12.6. The molecule has 1 aromatic carbocycles. The molecular weight excluding hydrogens is 340 g/mol. The minimum absolute atomic E-state index is 0.0333. The summed E-state index contributed by atoms with van der Waals surface area (Å²) in [5.74, 6) is 1.56. The van der Waals surface area contributed by atoms with Crippen LogP contribution >= 0.6 is 0 Å². The van der Waals surface area contributed by atoms with Crippen LogP contribution in [0.5, 0.6) is 0 Å². The van der Waals surface area contributed by atoms with Crippen molar-refractivity contribution in [1.29, 1.82) is 0 Å². The first kappa shape index (κ1) is 17.3. The van der Waals surface area contributed by atoms with Crippen LogP contribution in [0.4, 0.5) is 5.82 Å². The number of carbonyl (C=O) groups is 1. The molecule has 0 spiro atoms. The van der Waals surface area contributed by atoms with Crippen molar-refractivity contribution in [3.05, 3.63) is 66.4 Å². The van der Waals surface area contributed by atoms with Gasteiger partial charge in [-0.25, -0.2) is 0 Å². The highest BCUT2D eigenvalue weighted by molar-refractivity contribution is 5.79. The van der Waals surface area contributed by atoms with Crippen LogP contribution in [0.1, 0.15) is 18.4 Å². The van der Waals surface area contributed by atoms with E-state index >= 15 is 0 Å². The normalized spacial score (nSPS) is 16.9. The zero-order valence-corrected chi connectivity index (χ0v) is 15.0. The molecule has 1 aliphatic heterocycles. The van der Waals surface area contributed by atoms with Gasteiger partial charge in [-0.05, 0) is 42.7 Å². The third-order valence-corrected chi connectivity index (χ3v) is 4.85. The van der Waals surface area contributed by atoms with Crippen molar-refractivity contribution in [3.8, 4) is 11.5 Å². The first-order valence-electron chi connectivity index (χ1n) is 9.24. The molecule has 1 saturated heterocycles. The van der Waals surface area contributed by atoms with Gasteiger partial charge in [0, 0.05) is 19.6 Å². The smallest absolute Gasteiger partial charge is 0.225 e. The molecule has 27 heavy (non-hydrogen) atoms. The van der Waals surface area contributed by atoms with Crippen molar-refractivity contribution in [1.82, 2.24) is 15.5 Å². The first-order valence-corrected chi connectivity index (χ1v) is 9.24. The van der Waals surface area contributed by atoms with Crippen molar-refractivity contribution in [2.24, 2.45) is 5.92 Å². The van der Waals surface area contributed by atoms with Gasteiger partial charge >= 0.3 is 0 Å². The van der Waals surface area contributed by atoms with Crippen LogP contribution in [0, 0.1) is 5.92 Å². The van der Waals surface area contributed by atoms with Crippen LogP contribution in [0.3, 0.4) is 0 Å². The summed E-state index contributed by atoms with van der Waals surface area (Å²) >= 11 is 0. The average molecular weight is 362 g/mol. The molecule has 0 saturated carbocycles. The Balaban J connectivity index is 1.36. The number of anilines is 1. The van der Waals surface area contributed by atoms with Crippen molar-refractivity contribution in [2.75, 3.05) is 18.0 Å². The van der Waals surface area contributed by atoms with E-state index in [-0.39, 0.29) is 11.8 Å². The molecule has 1 amide bonds. The van der Waals surface area contributed by atoms with E-state index in [4.69, 9.17) is 4.42 Å². The Morgan fingerprint density at radius 1 is 1.11 bits per heavy atom. The van der Waals surface area contributed by atoms with Gasteiger partial charge in [0.1, 0.15) is 5.69 Å². The quantitative estimate of drug-likeness (QED) is 0.754. The van der Waals surface area contributed by atoms with E-state index in [0.717, 1.165) is 30.8 Å². The van der Waals surface area contributed by atoms with Gasteiger partial charge in [-0.1, -0.05) is 30.3 Å². The van der Waals surface area contributed by atoms with E-state index in [1.54, 1.807) is 6.26 Å². The summed E-state index contributed by atoms with van der Waals surface area (Å²) in [6.07, 6.45) is 3.48.